The molecule has 6 nitrogen and oxygen atoms in total. The molecule has 6 heteroatoms. The van der Waals surface area contributed by atoms with Gasteiger partial charge in [0.05, 0.1) is 6.26 Å². The zero-order valence-corrected chi connectivity index (χ0v) is 11.9. The van der Waals surface area contributed by atoms with Crippen molar-refractivity contribution in [2.75, 3.05) is 0 Å². The molecule has 0 aliphatic heterocycles. The second kappa shape index (κ2) is 5.49. The number of carbonyl (C=O) groups excluding carboxylic acids is 1. The lowest BCUT2D eigenvalue weighted by atomic mass is 10.2. The number of furan rings is 2. The number of rotatable bonds is 4. The molecule has 0 amide bonds. The maximum absolute atomic E-state index is 12.0. The van der Waals surface area contributed by atoms with Crippen molar-refractivity contribution in [1.82, 2.24) is 5.16 Å². The summed E-state index contributed by atoms with van der Waals surface area (Å²) < 4.78 is 21.0. The van der Waals surface area contributed by atoms with Crippen LogP contribution in [0.3, 0.4) is 0 Å². The molecular formula is C17H11NO5. The molecule has 0 saturated heterocycles. The molecule has 0 aliphatic rings. The molecule has 0 saturated carbocycles. The Morgan fingerprint density at radius 2 is 2.00 bits per heavy atom. The summed E-state index contributed by atoms with van der Waals surface area (Å²) in [5.41, 5.74) is 1.13. The summed E-state index contributed by atoms with van der Waals surface area (Å²) in [6, 6.07) is 14.2. The van der Waals surface area contributed by atoms with Crippen LogP contribution in [0.1, 0.15) is 16.2 Å². The first-order valence-electron chi connectivity index (χ1n) is 6.95. The van der Waals surface area contributed by atoms with Crippen LogP contribution in [0.4, 0.5) is 0 Å². The van der Waals surface area contributed by atoms with Crippen molar-refractivity contribution < 1.29 is 22.9 Å². The zero-order chi connectivity index (χ0) is 15.6. The summed E-state index contributed by atoms with van der Waals surface area (Å²) in [7, 11) is 0. The summed E-state index contributed by atoms with van der Waals surface area (Å²) in [5.74, 6) is 0.641. The van der Waals surface area contributed by atoms with Crippen molar-refractivity contribution in [1.29, 1.82) is 0 Å². The fourth-order valence-corrected chi connectivity index (χ4v) is 2.21. The van der Waals surface area contributed by atoms with Crippen molar-refractivity contribution in [3.05, 3.63) is 66.2 Å². The van der Waals surface area contributed by atoms with Gasteiger partial charge < -0.3 is 18.1 Å². The highest BCUT2D eigenvalue weighted by atomic mass is 16.5. The molecule has 0 unspecified atom stereocenters. The number of ether oxygens (including phenoxy) is 1. The van der Waals surface area contributed by atoms with Gasteiger partial charge in [-0.15, -0.1) is 0 Å². The van der Waals surface area contributed by atoms with E-state index in [1.807, 2.05) is 18.2 Å². The molecule has 0 N–H and O–H groups in total. The van der Waals surface area contributed by atoms with Crippen molar-refractivity contribution in [3.8, 4) is 11.5 Å². The topological polar surface area (TPSA) is 78.6 Å². The van der Waals surface area contributed by atoms with Crippen molar-refractivity contribution >= 4 is 16.9 Å². The van der Waals surface area contributed by atoms with E-state index in [0.717, 1.165) is 5.39 Å². The van der Waals surface area contributed by atoms with Gasteiger partial charge in [-0.3, -0.25) is 0 Å². The highest BCUT2D eigenvalue weighted by Gasteiger charge is 2.15. The maximum atomic E-state index is 12.0. The normalized spacial score (nSPS) is 11.0. The Bertz CT molecular complexity index is 915. The molecule has 3 heterocycles. The van der Waals surface area contributed by atoms with Crippen LogP contribution >= 0.6 is 0 Å². The predicted molar refractivity (Wildman–Crippen MR) is 79.5 cm³/mol. The quantitative estimate of drug-likeness (QED) is 0.529. The average molecular weight is 309 g/mol. The molecule has 4 rings (SSSR count). The molecule has 1 aromatic carbocycles. The van der Waals surface area contributed by atoms with E-state index in [1.165, 1.54) is 0 Å². The van der Waals surface area contributed by atoms with E-state index < -0.39 is 5.97 Å². The summed E-state index contributed by atoms with van der Waals surface area (Å²) >= 11 is 0. The highest BCUT2D eigenvalue weighted by molar-refractivity contribution is 5.92. The monoisotopic (exact) mass is 309 g/mol. The van der Waals surface area contributed by atoms with E-state index >= 15 is 0 Å². The van der Waals surface area contributed by atoms with Crippen LogP contribution in [0.5, 0.6) is 0 Å². The first-order chi connectivity index (χ1) is 11.3. The average Bonchev–Trinajstić information content (AvgIpc) is 3.31. The third-order valence-corrected chi connectivity index (χ3v) is 3.30. The van der Waals surface area contributed by atoms with E-state index in [-0.39, 0.29) is 12.4 Å². The fraction of sp³-hybridized carbons (Fsp3) is 0.0588. The maximum Gasteiger partial charge on any atom is 0.374 e. The number of benzene rings is 1. The lowest BCUT2D eigenvalue weighted by molar-refractivity contribution is 0.0430. The summed E-state index contributed by atoms with van der Waals surface area (Å²) in [6.07, 6.45) is 1.54. The number of nitrogens with zero attached hydrogens (tertiary/aromatic N) is 1. The van der Waals surface area contributed by atoms with Gasteiger partial charge in [-0.1, -0.05) is 23.4 Å². The summed E-state index contributed by atoms with van der Waals surface area (Å²) in [5, 5.41) is 4.69. The third kappa shape index (κ3) is 2.62. The lowest BCUT2D eigenvalue weighted by Gasteiger charge is -1.98. The van der Waals surface area contributed by atoms with Crippen molar-refractivity contribution in [2.45, 2.75) is 6.61 Å². The molecule has 0 fully saturated rings. The molecule has 0 spiro atoms. The molecule has 4 aromatic rings. The number of carbonyl (C=O) groups is 1. The molecule has 0 radical (unpaired) electrons. The fourth-order valence-electron chi connectivity index (χ4n) is 2.21. The van der Waals surface area contributed by atoms with Crippen LogP contribution in [0.15, 0.2) is 68.2 Å². The van der Waals surface area contributed by atoms with E-state index in [1.54, 1.807) is 36.6 Å². The van der Waals surface area contributed by atoms with Gasteiger partial charge in [-0.05, 0) is 24.3 Å². The van der Waals surface area contributed by atoms with Crippen LogP contribution in [0.2, 0.25) is 0 Å². The number of hydrogen-bond acceptors (Lipinski definition) is 6. The van der Waals surface area contributed by atoms with Crippen molar-refractivity contribution in [2.24, 2.45) is 0 Å². The molecule has 0 atom stereocenters. The molecule has 0 aliphatic carbocycles. The Morgan fingerprint density at radius 1 is 1.09 bits per heavy atom. The first-order valence-corrected chi connectivity index (χ1v) is 6.95. The van der Waals surface area contributed by atoms with Crippen molar-refractivity contribution in [3.63, 3.8) is 0 Å². The molecule has 23 heavy (non-hydrogen) atoms. The zero-order valence-electron chi connectivity index (χ0n) is 11.9. The van der Waals surface area contributed by atoms with E-state index in [2.05, 4.69) is 5.16 Å². The number of esters is 1. The SMILES string of the molecule is O=C(OCc1cc(-c2ccco2)on1)c1cc2ccccc2o1. The van der Waals surface area contributed by atoms with Gasteiger partial charge >= 0.3 is 5.97 Å². The second-order valence-electron chi connectivity index (χ2n) is 4.88. The Hall–Kier alpha value is -3.28. The van der Waals surface area contributed by atoms with Gasteiger partial charge in [-0.2, -0.15) is 0 Å². The Kier molecular flexibility index (Phi) is 3.20. The number of para-hydroxylation sites is 1. The molecule has 3 aromatic heterocycles. The van der Waals surface area contributed by atoms with Crippen LogP contribution in [-0.2, 0) is 11.3 Å². The van der Waals surface area contributed by atoms with E-state index in [9.17, 15) is 4.79 Å². The Morgan fingerprint density at radius 3 is 2.83 bits per heavy atom. The Balaban J connectivity index is 1.45. The van der Waals surface area contributed by atoms with Gasteiger partial charge in [0.25, 0.3) is 0 Å². The highest BCUT2D eigenvalue weighted by Crippen LogP contribution is 2.22. The summed E-state index contributed by atoms with van der Waals surface area (Å²) in [4.78, 5) is 12.0. The minimum atomic E-state index is -0.552. The van der Waals surface area contributed by atoms with Crippen LogP contribution in [0.25, 0.3) is 22.5 Å². The van der Waals surface area contributed by atoms with Gasteiger partial charge in [0.2, 0.25) is 11.5 Å². The number of fused-ring (bicyclic) bond motifs is 1. The van der Waals surface area contributed by atoms with Gasteiger partial charge in [0.15, 0.2) is 5.76 Å². The standard InChI is InChI=1S/C17H11NO5/c19-17(16-8-11-4-1-2-5-13(11)22-16)21-10-12-9-15(23-18-12)14-6-3-7-20-14/h1-9H,10H2. The molecule has 114 valence electrons. The van der Waals surface area contributed by atoms with E-state index in [4.69, 9.17) is 18.1 Å². The number of aromatic nitrogens is 1. The lowest BCUT2D eigenvalue weighted by Crippen LogP contribution is -2.03. The van der Waals surface area contributed by atoms with Crippen LogP contribution in [-0.4, -0.2) is 11.1 Å². The first kappa shape index (κ1) is 13.4. The van der Waals surface area contributed by atoms with Crippen LogP contribution in [0, 0.1) is 0 Å². The van der Waals surface area contributed by atoms with Gasteiger partial charge in [-0.25, -0.2) is 4.79 Å². The van der Waals surface area contributed by atoms with Gasteiger partial charge in [0.1, 0.15) is 17.9 Å². The minimum absolute atomic E-state index is 0.0138. The second-order valence-corrected chi connectivity index (χ2v) is 4.88. The summed E-state index contributed by atoms with van der Waals surface area (Å²) in [6.45, 7) is -0.0138. The Labute approximate surface area is 130 Å². The van der Waals surface area contributed by atoms with E-state index in [0.29, 0.717) is 22.8 Å². The molecular weight excluding hydrogens is 298 g/mol. The number of hydrogen-bond donors (Lipinski definition) is 0. The predicted octanol–water partition coefficient (Wildman–Crippen LogP) is 4.04. The smallest absolute Gasteiger partial charge is 0.374 e. The van der Waals surface area contributed by atoms with Crippen LogP contribution < -0.4 is 0 Å². The third-order valence-electron chi connectivity index (χ3n) is 3.30. The molecule has 0 bridgehead atoms. The largest absolute Gasteiger partial charge is 0.461 e. The minimum Gasteiger partial charge on any atom is -0.461 e. The van der Waals surface area contributed by atoms with Gasteiger partial charge in [0, 0.05) is 11.5 Å².